The number of aromatic nitrogens is 2. The van der Waals surface area contributed by atoms with Gasteiger partial charge < -0.3 is 11.1 Å². The predicted molar refractivity (Wildman–Crippen MR) is 76.6 cm³/mol. The van der Waals surface area contributed by atoms with Gasteiger partial charge >= 0.3 is 0 Å². The molecule has 4 nitrogen and oxygen atoms in total. The Bertz CT molecular complexity index is 710. The highest BCUT2D eigenvalue weighted by atomic mass is 35.5. The van der Waals surface area contributed by atoms with Gasteiger partial charge in [-0.2, -0.15) is 8.75 Å². The zero-order chi connectivity index (χ0) is 12.5. The van der Waals surface area contributed by atoms with Crippen LogP contribution in [0.5, 0.6) is 0 Å². The number of anilines is 3. The van der Waals surface area contributed by atoms with Crippen molar-refractivity contribution in [2.45, 2.75) is 0 Å². The van der Waals surface area contributed by atoms with E-state index in [-0.39, 0.29) is 0 Å². The van der Waals surface area contributed by atoms with E-state index in [1.165, 1.54) is 0 Å². The van der Waals surface area contributed by atoms with Crippen LogP contribution in [0.3, 0.4) is 0 Å². The summed E-state index contributed by atoms with van der Waals surface area (Å²) in [4.78, 5) is 0. The number of fused-ring (bicyclic) bond motifs is 1. The highest BCUT2D eigenvalue weighted by molar-refractivity contribution is 7.00. The summed E-state index contributed by atoms with van der Waals surface area (Å²) >= 11 is 7.36. The number of nitrogens with two attached hydrogens (primary N) is 1. The van der Waals surface area contributed by atoms with Crippen molar-refractivity contribution in [3.63, 3.8) is 0 Å². The first-order valence-electron chi connectivity index (χ1n) is 5.28. The van der Waals surface area contributed by atoms with E-state index in [9.17, 15) is 0 Å². The summed E-state index contributed by atoms with van der Waals surface area (Å²) in [6.45, 7) is 0. The summed E-state index contributed by atoms with van der Waals surface area (Å²) in [7, 11) is 0. The third-order valence-electron chi connectivity index (χ3n) is 2.60. The Morgan fingerprint density at radius 1 is 1.11 bits per heavy atom. The van der Waals surface area contributed by atoms with E-state index in [1.807, 2.05) is 30.3 Å². The van der Waals surface area contributed by atoms with Crippen molar-refractivity contribution in [3.05, 3.63) is 41.4 Å². The molecule has 0 radical (unpaired) electrons. The molecule has 0 aliphatic rings. The molecule has 0 atom stereocenters. The van der Waals surface area contributed by atoms with Crippen molar-refractivity contribution >= 4 is 51.4 Å². The smallest absolute Gasteiger partial charge is 0.129 e. The van der Waals surface area contributed by atoms with E-state index in [2.05, 4.69) is 14.1 Å². The predicted octanol–water partition coefficient (Wildman–Crippen LogP) is 3.67. The van der Waals surface area contributed by atoms with Crippen LogP contribution in [-0.2, 0) is 0 Å². The number of nitrogen functional groups attached to an aromatic ring is 1. The zero-order valence-electron chi connectivity index (χ0n) is 9.22. The van der Waals surface area contributed by atoms with E-state index in [1.54, 1.807) is 6.07 Å². The highest BCUT2D eigenvalue weighted by Gasteiger charge is 2.10. The van der Waals surface area contributed by atoms with E-state index >= 15 is 0 Å². The molecule has 3 rings (SSSR count). The van der Waals surface area contributed by atoms with Crippen molar-refractivity contribution in [2.75, 3.05) is 11.1 Å². The van der Waals surface area contributed by atoms with E-state index in [0.29, 0.717) is 10.7 Å². The second kappa shape index (κ2) is 4.44. The first-order valence-corrected chi connectivity index (χ1v) is 6.39. The average molecular weight is 277 g/mol. The molecule has 0 aliphatic carbocycles. The lowest BCUT2D eigenvalue weighted by Crippen LogP contribution is -1.97. The van der Waals surface area contributed by atoms with Crippen molar-refractivity contribution in [1.29, 1.82) is 0 Å². The van der Waals surface area contributed by atoms with Gasteiger partial charge in [0.15, 0.2) is 0 Å². The second-order valence-corrected chi connectivity index (χ2v) is 4.70. The fourth-order valence-electron chi connectivity index (χ4n) is 1.69. The number of benzene rings is 2. The van der Waals surface area contributed by atoms with Gasteiger partial charge in [0.1, 0.15) is 11.0 Å². The molecule has 0 bridgehead atoms. The van der Waals surface area contributed by atoms with Crippen LogP contribution in [0.4, 0.5) is 17.1 Å². The van der Waals surface area contributed by atoms with Crippen LogP contribution >= 0.6 is 23.3 Å². The van der Waals surface area contributed by atoms with Crippen molar-refractivity contribution in [2.24, 2.45) is 0 Å². The number of para-hydroxylation sites is 2. The standard InChI is InChI=1S/C12H9ClN4S/c13-7-5-6-10-12(17-18-16-10)11(7)15-9-4-2-1-3-8(9)14/h1-6,15H,14H2. The summed E-state index contributed by atoms with van der Waals surface area (Å²) in [5.74, 6) is 0. The summed E-state index contributed by atoms with van der Waals surface area (Å²) < 4.78 is 8.43. The third kappa shape index (κ3) is 1.87. The Balaban J connectivity index is 2.12. The number of nitrogens with zero attached hydrogens (tertiary/aromatic N) is 2. The van der Waals surface area contributed by atoms with Crippen molar-refractivity contribution in [1.82, 2.24) is 8.75 Å². The van der Waals surface area contributed by atoms with E-state index in [0.717, 1.165) is 34.1 Å². The second-order valence-electron chi connectivity index (χ2n) is 3.77. The first kappa shape index (κ1) is 11.3. The monoisotopic (exact) mass is 276 g/mol. The largest absolute Gasteiger partial charge is 0.397 e. The molecule has 1 heterocycles. The van der Waals surface area contributed by atoms with Crippen molar-refractivity contribution in [3.8, 4) is 0 Å². The third-order valence-corrected chi connectivity index (χ3v) is 3.46. The SMILES string of the molecule is Nc1ccccc1Nc1c(Cl)ccc2nsnc12. The van der Waals surface area contributed by atoms with Gasteiger partial charge in [0.2, 0.25) is 0 Å². The topological polar surface area (TPSA) is 63.8 Å². The van der Waals surface area contributed by atoms with Crippen LogP contribution in [0.15, 0.2) is 36.4 Å². The molecular weight excluding hydrogens is 268 g/mol. The number of nitrogens with one attached hydrogen (secondary N) is 1. The zero-order valence-corrected chi connectivity index (χ0v) is 10.8. The summed E-state index contributed by atoms with van der Waals surface area (Å²) in [5.41, 5.74) is 9.68. The minimum Gasteiger partial charge on any atom is -0.397 e. The van der Waals surface area contributed by atoms with Crippen molar-refractivity contribution < 1.29 is 0 Å². The molecule has 1 aromatic heterocycles. The molecule has 0 fully saturated rings. The number of halogens is 1. The quantitative estimate of drug-likeness (QED) is 0.701. The van der Waals surface area contributed by atoms with Gasteiger partial charge in [-0.3, -0.25) is 0 Å². The summed E-state index contributed by atoms with van der Waals surface area (Å²) in [6, 6.07) is 11.2. The van der Waals surface area contributed by atoms with Crippen LogP contribution < -0.4 is 11.1 Å². The fraction of sp³-hybridized carbons (Fsp3) is 0. The van der Waals surface area contributed by atoms with Gasteiger partial charge in [-0.05, 0) is 24.3 Å². The molecule has 0 aliphatic heterocycles. The Hall–Kier alpha value is -1.85. The number of rotatable bonds is 2. The molecule has 0 saturated heterocycles. The minimum absolute atomic E-state index is 0.596. The highest BCUT2D eigenvalue weighted by Crippen LogP contribution is 2.33. The molecule has 3 aromatic rings. The van der Waals surface area contributed by atoms with Crippen LogP contribution in [0.25, 0.3) is 11.0 Å². The molecular formula is C12H9ClN4S. The van der Waals surface area contributed by atoms with Crippen LogP contribution in [0, 0.1) is 0 Å². The van der Waals surface area contributed by atoms with Crippen LogP contribution in [0.1, 0.15) is 0 Å². The van der Waals surface area contributed by atoms with Gasteiger partial charge in [0.05, 0.1) is 33.8 Å². The average Bonchev–Trinajstić information content (AvgIpc) is 2.83. The maximum Gasteiger partial charge on any atom is 0.129 e. The number of hydrogen-bond donors (Lipinski definition) is 2. The molecule has 90 valence electrons. The van der Waals surface area contributed by atoms with E-state index in [4.69, 9.17) is 17.3 Å². The lowest BCUT2D eigenvalue weighted by Gasteiger charge is -2.10. The molecule has 2 aromatic carbocycles. The van der Waals surface area contributed by atoms with Gasteiger partial charge in [-0.25, -0.2) is 0 Å². The molecule has 0 saturated carbocycles. The molecule has 3 N–H and O–H groups in total. The van der Waals surface area contributed by atoms with Gasteiger partial charge in [-0.15, -0.1) is 0 Å². The summed E-state index contributed by atoms with van der Waals surface area (Å²) in [5, 5.41) is 3.81. The molecule has 18 heavy (non-hydrogen) atoms. The first-order chi connectivity index (χ1) is 8.75. The fourth-order valence-corrected chi connectivity index (χ4v) is 2.43. The Labute approximate surface area is 113 Å². The maximum absolute atomic E-state index is 6.20. The van der Waals surface area contributed by atoms with Gasteiger partial charge in [-0.1, -0.05) is 23.7 Å². The molecule has 0 spiro atoms. The lowest BCUT2D eigenvalue weighted by atomic mass is 10.2. The maximum atomic E-state index is 6.20. The normalized spacial score (nSPS) is 10.7. The molecule has 6 heteroatoms. The summed E-state index contributed by atoms with van der Waals surface area (Å²) in [6.07, 6.45) is 0. The van der Waals surface area contributed by atoms with Crippen LogP contribution in [-0.4, -0.2) is 8.75 Å². The van der Waals surface area contributed by atoms with Crippen LogP contribution in [0.2, 0.25) is 5.02 Å². The minimum atomic E-state index is 0.596. The molecule has 0 amide bonds. The molecule has 0 unspecified atom stereocenters. The Morgan fingerprint density at radius 2 is 1.94 bits per heavy atom. The van der Waals surface area contributed by atoms with Gasteiger partial charge in [0.25, 0.3) is 0 Å². The lowest BCUT2D eigenvalue weighted by molar-refractivity contribution is 1.54. The number of hydrogen-bond acceptors (Lipinski definition) is 5. The Morgan fingerprint density at radius 3 is 2.78 bits per heavy atom. The Kier molecular flexibility index (Phi) is 2.77. The van der Waals surface area contributed by atoms with E-state index < -0.39 is 0 Å². The van der Waals surface area contributed by atoms with Gasteiger partial charge in [0, 0.05) is 0 Å².